The molecule has 1 saturated carbocycles. The molecule has 3 atom stereocenters. The Morgan fingerprint density at radius 2 is 1.45 bits per heavy atom. The van der Waals surface area contributed by atoms with E-state index in [0.717, 1.165) is 12.1 Å². The third-order valence-electron chi connectivity index (χ3n) is 3.09. The van der Waals surface area contributed by atoms with Crippen LogP contribution in [0, 0.1) is 0 Å². The van der Waals surface area contributed by atoms with E-state index in [4.69, 9.17) is 0 Å². The Bertz CT molecular complexity index is 145. The van der Waals surface area contributed by atoms with Crippen LogP contribution in [0.1, 0.15) is 46.5 Å². The quantitative estimate of drug-likeness (QED) is 0.483. The number of hydrogen-bond acceptors (Lipinski definition) is 1. The monoisotopic (exact) mass is 153 g/mol. The van der Waals surface area contributed by atoms with Gasteiger partial charge in [0.05, 0.1) is 0 Å². The molecule has 1 unspecified atom stereocenters. The van der Waals surface area contributed by atoms with E-state index in [1.54, 1.807) is 0 Å². The molecule has 2 rings (SSSR count). The molecule has 11 heavy (non-hydrogen) atoms. The van der Waals surface area contributed by atoms with Crippen LogP contribution < -0.4 is 0 Å². The molecule has 2 fully saturated rings. The minimum Gasteiger partial charge on any atom is -0.289 e. The Hall–Kier alpha value is -0.0400. The van der Waals surface area contributed by atoms with E-state index in [0.29, 0.717) is 5.54 Å². The molecule has 0 aromatic carbocycles. The van der Waals surface area contributed by atoms with Gasteiger partial charge in [0, 0.05) is 17.6 Å². The third kappa shape index (κ3) is 1.20. The predicted octanol–water partition coefficient (Wildman–Crippen LogP) is 2.41. The van der Waals surface area contributed by atoms with Gasteiger partial charge in [-0.3, -0.25) is 4.90 Å². The molecule has 1 aliphatic carbocycles. The van der Waals surface area contributed by atoms with Gasteiger partial charge in [0.15, 0.2) is 0 Å². The van der Waals surface area contributed by atoms with Crippen molar-refractivity contribution in [3.05, 3.63) is 0 Å². The maximum atomic E-state index is 2.69. The van der Waals surface area contributed by atoms with Crippen LogP contribution in [0.3, 0.4) is 0 Å². The van der Waals surface area contributed by atoms with Crippen molar-refractivity contribution in [3.63, 3.8) is 0 Å². The molecule has 1 nitrogen and oxygen atoms in total. The summed E-state index contributed by atoms with van der Waals surface area (Å²) in [7, 11) is 0. The summed E-state index contributed by atoms with van der Waals surface area (Å²) in [6.07, 6.45) is 5.85. The molecule has 1 saturated heterocycles. The van der Waals surface area contributed by atoms with Gasteiger partial charge >= 0.3 is 0 Å². The molecule has 1 aliphatic heterocycles. The van der Waals surface area contributed by atoms with Crippen molar-refractivity contribution in [2.24, 2.45) is 0 Å². The van der Waals surface area contributed by atoms with Gasteiger partial charge in [-0.05, 0) is 33.6 Å². The second-order valence-electron chi connectivity index (χ2n) is 5.00. The van der Waals surface area contributed by atoms with Crippen molar-refractivity contribution in [2.45, 2.75) is 64.1 Å². The Labute approximate surface area is 69.8 Å². The maximum Gasteiger partial charge on any atom is 0.0260 e. The summed E-state index contributed by atoms with van der Waals surface area (Å²) in [6.45, 7) is 7.02. The first-order chi connectivity index (χ1) is 5.11. The van der Waals surface area contributed by atoms with E-state index in [2.05, 4.69) is 25.7 Å². The van der Waals surface area contributed by atoms with Gasteiger partial charge in [0.25, 0.3) is 0 Å². The first-order valence-electron chi connectivity index (χ1n) is 4.89. The van der Waals surface area contributed by atoms with Crippen molar-refractivity contribution in [1.82, 2.24) is 4.90 Å². The summed E-state index contributed by atoms with van der Waals surface area (Å²) in [6, 6.07) is 1.92. The van der Waals surface area contributed by atoms with Crippen LogP contribution in [-0.2, 0) is 0 Å². The summed E-state index contributed by atoms with van der Waals surface area (Å²) in [5.74, 6) is 0. The first-order valence-corrected chi connectivity index (χ1v) is 4.89. The van der Waals surface area contributed by atoms with Gasteiger partial charge in [0.1, 0.15) is 0 Å². The lowest BCUT2D eigenvalue weighted by molar-refractivity contribution is 0.269. The fourth-order valence-corrected chi connectivity index (χ4v) is 2.70. The highest BCUT2D eigenvalue weighted by atomic mass is 15.4. The molecule has 0 radical (unpaired) electrons. The average Bonchev–Trinajstić information content (AvgIpc) is 2.58. The fraction of sp³-hybridized carbons (Fsp3) is 1.00. The molecular weight excluding hydrogens is 134 g/mol. The zero-order valence-electron chi connectivity index (χ0n) is 7.93. The van der Waals surface area contributed by atoms with Gasteiger partial charge in [0.2, 0.25) is 0 Å². The minimum absolute atomic E-state index is 0.430. The fourth-order valence-electron chi connectivity index (χ4n) is 2.70. The van der Waals surface area contributed by atoms with E-state index in [-0.39, 0.29) is 0 Å². The van der Waals surface area contributed by atoms with E-state index in [1.807, 2.05) is 0 Å². The Kier molecular flexibility index (Phi) is 1.54. The Morgan fingerprint density at radius 3 is 1.82 bits per heavy atom. The lowest BCUT2D eigenvalue weighted by atomic mass is 10.0. The summed E-state index contributed by atoms with van der Waals surface area (Å²) in [5, 5.41) is 0. The largest absolute Gasteiger partial charge is 0.289 e. The smallest absolute Gasteiger partial charge is 0.0260 e. The molecule has 64 valence electrons. The number of hydrogen-bond donors (Lipinski definition) is 0. The van der Waals surface area contributed by atoms with Crippen LogP contribution in [0.5, 0.6) is 0 Å². The summed E-state index contributed by atoms with van der Waals surface area (Å²) >= 11 is 0. The average molecular weight is 153 g/mol. The third-order valence-corrected chi connectivity index (χ3v) is 3.09. The molecule has 0 spiro atoms. The van der Waals surface area contributed by atoms with E-state index < -0.39 is 0 Å². The highest BCUT2D eigenvalue weighted by Gasteiger charge is 2.52. The van der Waals surface area contributed by atoms with Gasteiger partial charge in [-0.2, -0.15) is 0 Å². The first kappa shape index (κ1) is 7.60. The standard InChI is InChI=1S/C10H19N/c1-10(2,3)11-8-6-4-5-7-9(8)11/h8-9H,4-7H2,1-3H3/t8-,9+,11?. The molecule has 0 bridgehead atoms. The van der Waals surface area contributed by atoms with E-state index >= 15 is 0 Å². The van der Waals surface area contributed by atoms with Crippen LogP contribution in [-0.4, -0.2) is 22.5 Å². The van der Waals surface area contributed by atoms with Crippen molar-refractivity contribution < 1.29 is 0 Å². The van der Waals surface area contributed by atoms with Crippen LogP contribution in [0.15, 0.2) is 0 Å². The van der Waals surface area contributed by atoms with Gasteiger partial charge in [-0.1, -0.05) is 12.8 Å². The molecule has 0 aromatic rings. The topological polar surface area (TPSA) is 3.01 Å². The maximum absolute atomic E-state index is 2.69. The van der Waals surface area contributed by atoms with Crippen LogP contribution in [0.2, 0.25) is 0 Å². The molecular formula is C10H19N. The zero-order chi connectivity index (χ0) is 8.06. The van der Waals surface area contributed by atoms with E-state index in [1.165, 1.54) is 25.7 Å². The second kappa shape index (κ2) is 2.22. The Morgan fingerprint density at radius 1 is 1.00 bits per heavy atom. The highest BCUT2D eigenvalue weighted by molar-refractivity contribution is 5.09. The van der Waals surface area contributed by atoms with E-state index in [9.17, 15) is 0 Å². The van der Waals surface area contributed by atoms with Gasteiger partial charge in [-0.15, -0.1) is 0 Å². The van der Waals surface area contributed by atoms with Crippen LogP contribution in [0.4, 0.5) is 0 Å². The second-order valence-corrected chi connectivity index (χ2v) is 5.00. The SMILES string of the molecule is CC(C)(C)N1[C@@H]2CCCC[C@@H]21. The lowest BCUT2D eigenvalue weighted by Gasteiger charge is -2.21. The predicted molar refractivity (Wildman–Crippen MR) is 47.6 cm³/mol. The summed E-state index contributed by atoms with van der Waals surface area (Å²) in [5.41, 5.74) is 0.430. The van der Waals surface area contributed by atoms with Gasteiger partial charge in [-0.25, -0.2) is 0 Å². The molecule has 1 heterocycles. The number of rotatable bonds is 0. The Balaban J connectivity index is 2.00. The number of nitrogens with zero attached hydrogens (tertiary/aromatic N) is 1. The lowest BCUT2D eigenvalue weighted by Crippen LogP contribution is -2.28. The molecule has 0 N–H and O–H groups in total. The molecule has 0 aromatic heterocycles. The van der Waals surface area contributed by atoms with Crippen molar-refractivity contribution in [3.8, 4) is 0 Å². The molecule has 1 heteroatoms. The number of likely N-dealkylation sites (tertiary alicyclic amines) is 1. The van der Waals surface area contributed by atoms with Gasteiger partial charge < -0.3 is 0 Å². The normalized spacial score (nSPS) is 43.4. The molecule has 2 aliphatic rings. The van der Waals surface area contributed by atoms with Crippen molar-refractivity contribution in [1.29, 1.82) is 0 Å². The van der Waals surface area contributed by atoms with Crippen molar-refractivity contribution >= 4 is 0 Å². The minimum atomic E-state index is 0.430. The van der Waals surface area contributed by atoms with Crippen LogP contribution >= 0.6 is 0 Å². The van der Waals surface area contributed by atoms with Crippen LogP contribution in [0.25, 0.3) is 0 Å². The summed E-state index contributed by atoms with van der Waals surface area (Å²) < 4.78 is 0. The summed E-state index contributed by atoms with van der Waals surface area (Å²) in [4.78, 5) is 2.69. The molecule has 0 amide bonds. The van der Waals surface area contributed by atoms with Crippen molar-refractivity contribution in [2.75, 3.05) is 0 Å². The number of fused-ring (bicyclic) bond motifs is 1. The highest BCUT2D eigenvalue weighted by Crippen LogP contribution is 2.45. The zero-order valence-corrected chi connectivity index (χ0v) is 7.93.